The zero-order valence-corrected chi connectivity index (χ0v) is 9.10. The second kappa shape index (κ2) is 5.36. The van der Waals surface area contributed by atoms with Crippen LogP contribution in [0.15, 0.2) is 0 Å². The highest BCUT2D eigenvalue weighted by Crippen LogP contribution is 2.13. The van der Waals surface area contributed by atoms with Gasteiger partial charge < -0.3 is 5.73 Å². The highest BCUT2D eigenvalue weighted by atomic mass is 32.2. The third-order valence-electron chi connectivity index (χ3n) is 2.40. The molecule has 0 aromatic heterocycles. The van der Waals surface area contributed by atoms with Crippen molar-refractivity contribution >= 4 is 23.5 Å². The molecule has 2 unspecified atom stereocenters. The van der Waals surface area contributed by atoms with Crippen molar-refractivity contribution in [3.8, 4) is 0 Å². The highest BCUT2D eigenvalue weighted by Gasteiger charge is 2.20. The Labute approximate surface area is 88.0 Å². The summed E-state index contributed by atoms with van der Waals surface area (Å²) in [6.45, 7) is 2.19. The summed E-state index contributed by atoms with van der Waals surface area (Å²) in [6, 6.07) is -0.366. The normalized spacial score (nSPS) is 30.2. The van der Waals surface area contributed by atoms with Crippen LogP contribution in [0.3, 0.4) is 0 Å². The summed E-state index contributed by atoms with van der Waals surface area (Å²) in [5.41, 5.74) is 5.19. The summed E-state index contributed by atoms with van der Waals surface area (Å²) >= 11 is 1.67. The molecule has 4 nitrogen and oxygen atoms in total. The average molecular weight is 216 g/mol. The summed E-state index contributed by atoms with van der Waals surface area (Å²) in [7, 11) is 0. The van der Waals surface area contributed by atoms with Gasteiger partial charge in [-0.25, -0.2) is 0 Å². The molecule has 1 rings (SSSR count). The van der Waals surface area contributed by atoms with Crippen molar-refractivity contribution in [2.75, 3.05) is 18.1 Å². The van der Waals surface area contributed by atoms with E-state index >= 15 is 0 Å². The number of ketones is 1. The summed E-state index contributed by atoms with van der Waals surface area (Å²) < 4.78 is 0. The Kier molecular flexibility index (Phi) is 4.41. The van der Waals surface area contributed by atoms with Crippen LogP contribution in [0.4, 0.5) is 0 Å². The molecule has 0 radical (unpaired) electrons. The van der Waals surface area contributed by atoms with Crippen molar-refractivity contribution in [1.29, 1.82) is 0 Å². The molecule has 14 heavy (non-hydrogen) atoms. The van der Waals surface area contributed by atoms with Crippen LogP contribution in [0.25, 0.3) is 0 Å². The van der Waals surface area contributed by atoms with E-state index in [1.54, 1.807) is 11.8 Å². The second-order valence-corrected chi connectivity index (χ2v) is 4.72. The average Bonchev–Trinajstić information content (AvgIpc) is 2.20. The van der Waals surface area contributed by atoms with E-state index in [-0.39, 0.29) is 30.2 Å². The Balaban J connectivity index is 2.54. The minimum Gasteiger partial charge on any atom is -0.368 e. The molecule has 1 amide bonds. The monoisotopic (exact) mass is 216 g/mol. The second-order valence-electron chi connectivity index (χ2n) is 3.57. The van der Waals surface area contributed by atoms with Crippen LogP contribution in [-0.4, -0.2) is 35.8 Å². The van der Waals surface area contributed by atoms with Gasteiger partial charge in [-0.3, -0.25) is 14.9 Å². The fourth-order valence-electron chi connectivity index (χ4n) is 1.26. The molecule has 5 heteroatoms. The van der Waals surface area contributed by atoms with E-state index in [4.69, 9.17) is 5.73 Å². The van der Waals surface area contributed by atoms with Crippen LogP contribution in [0.1, 0.15) is 13.3 Å². The summed E-state index contributed by atoms with van der Waals surface area (Å²) in [4.78, 5) is 22.4. The van der Waals surface area contributed by atoms with E-state index in [9.17, 15) is 9.59 Å². The zero-order valence-electron chi connectivity index (χ0n) is 8.29. The van der Waals surface area contributed by atoms with Gasteiger partial charge in [0.25, 0.3) is 0 Å². The van der Waals surface area contributed by atoms with Gasteiger partial charge in [0.15, 0.2) is 0 Å². The first-order valence-corrected chi connectivity index (χ1v) is 5.90. The van der Waals surface area contributed by atoms with Gasteiger partial charge in [0.05, 0.1) is 12.6 Å². The van der Waals surface area contributed by atoms with E-state index in [0.717, 1.165) is 12.2 Å². The van der Waals surface area contributed by atoms with Crippen molar-refractivity contribution in [2.24, 2.45) is 11.7 Å². The topological polar surface area (TPSA) is 72.2 Å². The van der Waals surface area contributed by atoms with E-state index in [0.29, 0.717) is 5.75 Å². The van der Waals surface area contributed by atoms with Crippen LogP contribution in [0.5, 0.6) is 0 Å². The minimum absolute atomic E-state index is 0.0848. The van der Waals surface area contributed by atoms with Gasteiger partial charge >= 0.3 is 0 Å². The largest absolute Gasteiger partial charge is 0.368 e. The van der Waals surface area contributed by atoms with Gasteiger partial charge in [-0.1, -0.05) is 6.92 Å². The van der Waals surface area contributed by atoms with Gasteiger partial charge in [0, 0.05) is 11.7 Å². The summed E-state index contributed by atoms with van der Waals surface area (Å²) in [5, 5.41) is 2.90. The lowest BCUT2D eigenvalue weighted by atomic mass is 10.0. The standard InChI is InChI=1S/C9H16N2O2S/c1-6-2-3-14-5-7(9(10)13)11-4-8(6)12/h6-7,11H,2-5H2,1H3,(H2,10,13). The van der Waals surface area contributed by atoms with E-state index in [2.05, 4.69) is 5.32 Å². The number of carbonyl (C=O) groups is 2. The van der Waals surface area contributed by atoms with Crippen LogP contribution in [-0.2, 0) is 9.59 Å². The SMILES string of the molecule is CC1CCSCC(C(N)=O)NCC1=O. The number of hydrogen-bond acceptors (Lipinski definition) is 4. The molecule has 1 heterocycles. The van der Waals surface area contributed by atoms with Gasteiger partial charge in [0.1, 0.15) is 5.78 Å². The lowest BCUT2D eigenvalue weighted by Gasteiger charge is -2.12. The van der Waals surface area contributed by atoms with Gasteiger partial charge in [0.2, 0.25) is 5.91 Å². The van der Waals surface area contributed by atoms with Crippen molar-refractivity contribution in [1.82, 2.24) is 5.32 Å². The Bertz CT molecular complexity index is 233. The molecule has 0 spiro atoms. The number of hydrogen-bond donors (Lipinski definition) is 2. The van der Waals surface area contributed by atoms with Gasteiger partial charge in [-0.2, -0.15) is 11.8 Å². The Hall–Kier alpha value is -0.550. The van der Waals surface area contributed by atoms with Crippen LogP contribution >= 0.6 is 11.8 Å². The predicted molar refractivity (Wildman–Crippen MR) is 57.1 cm³/mol. The molecule has 1 aliphatic rings. The van der Waals surface area contributed by atoms with Crippen molar-refractivity contribution in [3.63, 3.8) is 0 Å². The quantitative estimate of drug-likeness (QED) is 0.635. The molecule has 0 aromatic rings. The maximum atomic E-state index is 11.5. The molecule has 1 saturated heterocycles. The fraction of sp³-hybridized carbons (Fsp3) is 0.778. The third-order valence-corrected chi connectivity index (χ3v) is 3.49. The smallest absolute Gasteiger partial charge is 0.235 e. The molecule has 0 bridgehead atoms. The first kappa shape index (κ1) is 11.5. The van der Waals surface area contributed by atoms with Gasteiger partial charge in [-0.05, 0) is 12.2 Å². The Morgan fingerprint density at radius 1 is 1.64 bits per heavy atom. The molecule has 0 saturated carbocycles. The number of primary amides is 1. The molecule has 0 aromatic carbocycles. The first-order valence-electron chi connectivity index (χ1n) is 4.74. The third kappa shape index (κ3) is 3.31. The Morgan fingerprint density at radius 2 is 2.36 bits per heavy atom. The number of nitrogens with two attached hydrogens (primary N) is 1. The van der Waals surface area contributed by atoms with Crippen LogP contribution in [0.2, 0.25) is 0 Å². The number of thioether (sulfide) groups is 1. The molecule has 1 aliphatic heterocycles. The number of nitrogens with one attached hydrogen (secondary N) is 1. The fourth-order valence-corrected chi connectivity index (χ4v) is 2.47. The highest BCUT2D eigenvalue weighted by molar-refractivity contribution is 7.99. The lowest BCUT2D eigenvalue weighted by molar-refractivity contribution is -0.122. The molecule has 3 N–H and O–H groups in total. The number of amides is 1. The van der Waals surface area contributed by atoms with Crippen molar-refractivity contribution < 1.29 is 9.59 Å². The first-order chi connectivity index (χ1) is 6.61. The molecule has 1 fully saturated rings. The minimum atomic E-state index is -0.375. The van der Waals surface area contributed by atoms with Crippen molar-refractivity contribution in [2.45, 2.75) is 19.4 Å². The number of carbonyl (C=O) groups excluding carboxylic acids is 2. The van der Waals surface area contributed by atoms with E-state index in [1.807, 2.05) is 6.92 Å². The lowest BCUT2D eigenvalue weighted by Crippen LogP contribution is -2.45. The molecule has 2 atom stereocenters. The number of Topliss-reactive ketones (excluding diaryl/α,β-unsaturated/α-hetero) is 1. The zero-order chi connectivity index (χ0) is 10.6. The Morgan fingerprint density at radius 3 is 3.00 bits per heavy atom. The van der Waals surface area contributed by atoms with Crippen molar-refractivity contribution in [3.05, 3.63) is 0 Å². The van der Waals surface area contributed by atoms with E-state index < -0.39 is 0 Å². The van der Waals surface area contributed by atoms with E-state index in [1.165, 1.54) is 0 Å². The molecular formula is C9H16N2O2S. The van der Waals surface area contributed by atoms with Crippen LogP contribution < -0.4 is 11.1 Å². The predicted octanol–water partition coefficient (Wildman–Crippen LogP) is -0.228. The summed E-state index contributed by atoms with van der Waals surface area (Å²) in [6.07, 6.45) is 0.886. The van der Waals surface area contributed by atoms with Crippen LogP contribution in [0, 0.1) is 5.92 Å². The number of rotatable bonds is 1. The molecule has 0 aliphatic carbocycles. The van der Waals surface area contributed by atoms with Gasteiger partial charge in [-0.15, -0.1) is 0 Å². The molecular weight excluding hydrogens is 200 g/mol. The maximum Gasteiger partial charge on any atom is 0.235 e. The maximum absolute atomic E-state index is 11.5. The molecule has 80 valence electrons. The summed E-state index contributed by atoms with van der Waals surface area (Å²) in [5.74, 6) is 1.45.